The van der Waals surface area contributed by atoms with Gasteiger partial charge in [0.05, 0.1) is 4.88 Å². The second-order valence-corrected chi connectivity index (χ2v) is 8.22. The van der Waals surface area contributed by atoms with Crippen molar-refractivity contribution >= 4 is 53.9 Å². The fourth-order valence-electron chi connectivity index (χ4n) is 1.92. The fraction of sp³-hybridized carbons (Fsp3) is 0.500. The first-order valence-corrected chi connectivity index (χ1v) is 9.15. The van der Waals surface area contributed by atoms with Gasteiger partial charge in [0.1, 0.15) is 0 Å². The van der Waals surface area contributed by atoms with Gasteiger partial charge in [0, 0.05) is 21.3 Å². The van der Waals surface area contributed by atoms with Crippen molar-refractivity contribution < 1.29 is 4.79 Å². The quantitative estimate of drug-likeness (QED) is 0.730. The molecule has 2 heterocycles. The van der Waals surface area contributed by atoms with Crippen LogP contribution in [0.25, 0.3) is 9.40 Å². The Bertz CT molecular complexity index is 530. The Hall–Kier alpha value is -0.390. The van der Waals surface area contributed by atoms with Crippen LogP contribution in [0.5, 0.6) is 0 Å². The molecule has 104 valence electrons. The maximum absolute atomic E-state index is 12.1. The molecule has 0 spiro atoms. The second-order valence-electron chi connectivity index (χ2n) is 5.40. The van der Waals surface area contributed by atoms with Crippen molar-refractivity contribution in [1.29, 1.82) is 0 Å². The van der Waals surface area contributed by atoms with Crippen molar-refractivity contribution in [2.75, 3.05) is 11.9 Å². The highest BCUT2D eigenvalue weighted by Crippen LogP contribution is 2.30. The van der Waals surface area contributed by atoms with Crippen LogP contribution in [0.1, 0.15) is 36.4 Å². The van der Waals surface area contributed by atoms with Crippen LogP contribution in [0.4, 0.5) is 0 Å². The van der Waals surface area contributed by atoms with Gasteiger partial charge in [-0.25, -0.2) is 0 Å². The third-order valence-electron chi connectivity index (χ3n) is 3.08. The van der Waals surface area contributed by atoms with Crippen molar-refractivity contribution in [3.05, 3.63) is 22.4 Å². The zero-order valence-electron chi connectivity index (χ0n) is 11.2. The molecule has 0 aliphatic rings. The van der Waals surface area contributed by atoms with Gasteiger partial charge in [0.2, 0.25) is 0 Å². The molecule has 1 N–H and O–H groups in total. The summed E-state index contributed by atoms with van der Waals surface area (Å²) in [6.45, 7) is 5.12. The molecule has 19 heavy (non-hydrogen) atoms. The normalized spacial score (nSPS) is 11.9. The average Bonchev–Trinajstić information content (AvgIpc) is 2.94. The minimum Gasteiger partial charge on any atom is -0.351 e. The van der Waals surface area contributed by atoms with Gasteiger partial charge in [0.15, 0.2) is 0 Å². The van der Waals surface area contributed by atoms with Gasteiger partial charge in [-0.3, -0.25) is 4.79 Å². The Balaban J connectivity index is 1.92. The third kappa shape index (κ3) is 4.04. The number of fused-ring (bicyclic) bond motifs is 1. The molecule has 2 aromatic rings. The molecule has 0 fully saturated rings. The molecule has 2 aromatic heterocycles. The molecule has 2 nitrogen and oxygen atoms in total. The predicted molar refractivity (Wildman–Crippen MR) is 88.8 cm³/mol. The number of carbonyl (C=O) groups excluding carboxylic acids is 1. The number of hydrogen-bond donors (Lipinski definition) is 1. The lowest BCUT2D eigenvalue weighted by Gasteiger charge is -2.24. The molecule has 0 radical (unpaired) electrons. The molecule has 0 saturated heterocycles. The van der Waals surface area contributed by atoms with Crippen molar-refractivity contribution in [3.8, 4) is 0 Å². The van der Waals surface area contributed by atoms with Gasteiger partial charge < -0.3 is 5.32 Å². The number of thiophene rings is 2. The zero-order valence-corrected chi connectivity index (χ0v) is 14.4. The van der Waals surface area contributed by atoms with Crippen LogP contribution in [-0.2, 0) is 0 Å². The Kier molecular flexibility index (Phi) is 5.03. The van der Waals surface area contributed by atoms with E-state index >= 15 is 0 Å². The molecule has 0 aromatic carbocycles. The summed E-state index contributed by atoms with van der Waals surface area (Å²) in [4.78, 5) is 12.9. The lowest BCUT2D eigenvalue weighted by Crippen LogP contribution is -2.33. The molecule has 0 aliphatic carbocycles. The van der Waals surface area contributed by atoms with E-state index in [-0.39, 0.29) is 11.3 Å². The zero-order chi connectivity index (χ0) is 13.9. The summed E-state index contributed by atoms with van der Waals surface area (Å²) < 4.78 is 2.40. The van der Waals surface area contributed by atoms with Crippen molar-refractivity contribution in [1.82, 2.24) is 5.32 Å². The average molecular weight is 360 g/mol. The molecule has 0 bridgehead atoms. The van der Waals surface area contributed by atoms with E-state index in [1.54, 1.807) is 22.7 Å². The summed E-state index contributed by atoms with van der Waals surface area (Å²) >= 11 is 6.71. The Morgan fingerprint density at radius 1 is 1.42 bits per heavy atom. The highest BCUT2D eigenvalue weighted by Gasteiger charge is 2.19. The van der Waals surface area contributed by atoms with Crippen molar-refractivity contribution in [2.45, 2.75) is 26.7 Å². The monoisotopic (exact) mass is 359 g/mol. The first kappa shape index (κ1) is 15.0. The van der Waals surface area contributed by atoms with Gasteiger partial charge in [-0.1, -0.05) is 29.8 Å². The standard InChI is InChI=1S/C14H18BrNOS2/c1-14(2,5-3-6-15)9-16-13(17)12-8-11-10(19-12)4-7-18-11/h4,7-8H,3,5-6,9H2,1-2H3,(H,16,17). The van der Waals surface area contributed by atoms with Crippen LogP contribution < -0.4 is 5.32 Å². The van der Waals surface area contributed by atoms with Crippen molar-refractivity contribution in [3.63, 3.8) is 0 Å². The Morgan fingerprint density at radius 2 is 2.21 bits per heavy atom. The first-order valence-electron chi connectivity index (χ1n) is 6.33. The fourth-order valence-corrected chi connectivity index (χ4v) is 4.22. The predicted octanol–water partition coefficient (Wildman–Crippen LogP) is 4.89. The minimum absolute atomic E-state index is 0.0558. The third-order valence-corrected chi connectivity index (χ3v) is 5.73. The number of nitrogens with one attached hydrogen (secondary N) is 1. The molecular weight excluding hydrogens is 342 g/mol. The molecule has 0 unspecified atom stereocenters. The van der Waals surface area contributed by atoms with Gasteiger partial charge in [-0.15, -0.1) is 22.7 Å². The molecular formula is C14H18BrNOS2. The van der Waals surface area contributed by atoms with E-state index in [1.807, 2.05) is 6.07 Å². The number of amides is 1. The van der Waals surface area contributed by atoms with E-state index in [0.717, 1.165) is 29.6 Å². The van der Waals surface area contributed by atoms with Crippen LogP contribution >= 0.6 is 38.6 Å². The lowest BCUT2D eigenvalue weighted by molar-refractivity contribution is 0.0938. The Labute approximate surface area is 130 Å². The molecule has 0 aliphatic heterocycles. The van der Waals surface area contributed by atoms with Crippen LogP contribution in [0.15, 0.2) is 17.5 Å². The van der Waals surface area contributed by atoms with E-state index in [0.29, 0.717) is 0 Å². The topological polar surface area (TPSA) is 29.1 Å². The number of alkyl halides is 1. The largest absolute Gasteiger partial charge is 0.351 e. The highest BCUT2D eigenvalue weighted by molar-refractivity contribution is 9.09. The maximum atomic E-state index is 12.1. The molecule has 2 rings (SSSR count). The SMILES string of the molecule is CC(C)(CCCBr)CNC(=O)c1cc2sccc2s1. The maximum Gasteiger partial charge on any atom is 0.261 e. The van der Waals surface area contributed by atoms with E-state index in [2.05, 4.69) is 46.5 Å². The molecule has 1 amide bonds. The summed E-state index contributed by atoms with van der Waals surface area (Å²) in [7, 11) is 0. The van der Waals surface area contributed by atoms with Gasteiger partial charge in [0.25, 0.3) is 5.91 Å². The lowest BCUT2D eigenvalue weighted by atomic mass is 9.88. The van der Waals surface area contributed by atoms with Crippen LogP contribution in [0.3, 0.4) is 0 Å². The van der Waals surface area contributed by atoms with Gasteiger partial charge >= 0.3 is 0 Å². The van der Waals surface area contributed by atoms with Gasteiger partial charge in [-0.05, 0) is 35.8 Å². The number of rotatable bonds is 6. The summed E-state index contributed by atoms with van der Waals surface area (Å²) in [5.41, 5.74) is 0.151. The van der Waals surface area contributed by atoms with E-state index < -0.39 is 0 Å². The van der Waals surface area contributed by atoms with Crippen LogP contribution in [0, 0.1) is 5.41 Å². The summed E-state index contributed by atoms with van der Waals surface area (Å²) in [6.07, 6.45) is 2.25. The minimum atomic E-state index is 0.0558. The first-order chi connectivity index (χ1) is 9.02. The van der Waals surface area contributed by atoms with E-state index in [1.165, 1.54) is 9.40 Å². The molecule has 0 saturated carbocycles. The highest BCUT2D eigenvalue weighted by atomic mass is 79.9. The summed E-state index contributed by atoms with van der Waals surface area (Å²) in [6, 6.07) is 4.06. The van der Waals surface area contributed by atoms with E-state index in [4.69, 9.17) is 0 Å². The smallest absolute Gasteiger partial charge is 0.261 e. The van der Waals surface area contributed by atoms with Crippen LogP contribution in [0.2, 0.25) is 0 Å². The van der Waals surface area contributed by atoms with Crippen molar-refractivity contribution in [2.24, 2.45) is 5.41 Å². The number of hydrogen-bond acceptors (Lipinski definition) is 3. The Morgan fingerprint density at radius 3 is 2.89 bits per heavy atom. The summed E-state index contributed by atoms with van der Waals surface area (Å²) in [5, 5.41) is 6.14. The number of halogens is 1. The summed E-state index contributed by atoms with van der Waals surface area (Å²) in [5.74, 6) is 0.0558. The molecule has 0 atom stereocenters. The second kappa shape index (κ2) is 6.37. The van der Waals surface area contributed by atoms with Crippen LogP contribution in [-0.4, -0.2) is 17.8 Å². The van der Waals surface area contributed by atoms with Gasteiger partial charge in [-0.2, -0.15) is 0 Å². The van der Waals surface area contributed by atoms with E-state index in [9.17, 15) is 4.79 Å². The number of carbonyl (C=O) groups is 1. The molecule has 5 heteroatoms.